The van der Waals surface area contributed by atoms with Gasteiger partial charge in [-0.25, -0.2) is 0 Å². The largest absolute Gasteiger partial charge is 0.490 e. The van der Waals surface area contributed by atoms with Crippen molar-refractivity contribution in [1.82, 2.24) is 0 Å². The third-order valence-corrected chi connectivity index (χ3v) is 4.38. The Kier molecular flexibility index (Phi) is 5.24. The van der Waals surface area contributed by atoms with Gasteiger partial charge in [-0.05, 0) is 43.4 Å². The summed E-state index contributed by atoms with van der Waals surface area (Å²) in [5, 5.41) is 0.582. The Morgan fingerprint density at radius 3 is 2.48 bits per heavy atom. The number of ether oxygens (including phenoxy) is 2. The molecule has 0 atom stereocenters. The molecule has 0 radical (unpaired) electrons. The molecule has 0 amide bonds. The van der Waals surface area contributed by atoms with E-state index < -0.39 is 0 Å². The molecule has 1 saturated carbocycles. The average Bonchev–Trinajstić information content (AvgIpc) is 2.57. The van der Waals surface area contributed by atoms with Crippen molar-refractivity contribution in [3.05, 3.63) is 71.3 Å². The number of rotatable bonds is 5. The Labute approximate surface area is 142 Å². The van der Waals surface area contributed by atoms with Gasteiger partial charge in [0.1, 0.15) is 18.1 Å². The predicted octanol–water partition coefficient (Wildman–Crippen LogP) is 5.80. The fourth-order valence-electron chi connectivity index (χ4n) is 2.72. The van der Waals surface area contributed by atoms with Gasteiger partial charge in [-0.15, -0.1) is 0 Å². The molecule has 120 valence electrons. The first-order valence-corrected chi connectivity index (χ1v) is 8.38. The predicted molar refractivity (Wildman–Crippen MR) is 94.3 cm³/mol. The van der Waals surface area contributed by atoms with Crippen molar-refractivity contribution < 1.29 is 9.47 Å². The quantitative estimate of drug-likeness (QED) is 0.646. The van der Waals surface area contributed by atoms with Crippen LogP contribution in [0, 0.1) is 0 Å². The lowest BCUT2D eigenvalue weighted by molar-refractivity contribution is 0.169. The molecule has 0 aromatic heterocycles. The number of hydrogen-bond donors (Lipinski definition) is 0. The van der Waals surface area contributed by atoms with Crippen LogP contribution >= 0.6 is 11.6 Å². The van der Waals surface area contributed by atoms with Crippen molar-refractivity contribution in [2.24, 2.45) is 0 Å². The summed E-state index contributed by atoms with van der Waals surface area (Å²) in [6.45, 7) is 4.54. The monoisotopic (exact) mass is 328 g/mol. The first-order chi connectivity index (χ1) is 11.2. The lowest BCUT2D eigenvalue weighted by Gasteiger charge is -2.24. The smallest absolute Gasteiger partial charge is 0.138 e. The van der Waals surface area contributed by atoms with Crippen molar-refractivity contribution in [1.29, 1.82) is 0 Å². The number of allylic oxidation sites excluding steroid dienone is 1. The van der Waals surface area contributed by atoms with Crippen LogP contribution in [-0.4, -0.2) is 6.10 Å². The van der Waals surface area contributed by atoms with Crippen molar-refractivity contribution in [2.75, 3.05) is 0 Å². The SMILES string of the molecule is C=C1CCC(Oc2ccc(OCc3ccccc3)c(Cl)c2)CC1. The number of benzene rings is 2. The normalized spacial score (nSPS) is 15.4. The summed E-state index contributed by atoms with van der Waals surface area (Å²) < 4.78 is 11.8. The van der Waals surface area contributed by atoms with Crippen LogP contribution in [0.3, 0.4) is 0 Å². The van der Waals surface area contributed by atoms with Gasteiger partial charge in [0.25, 0.3) is 0 Å². The highest BCUT2D eigenvalue weighted by atomic mass is 35.5. The van der Waals surface area contributed by atoms with Crippen molar-refractivity contribution in [3.63, 3.8) is 0 Å². The lowest BCUT2D eigenvalue weighted by atomic mass is 9.94. The van der Waals surface area contributed by atoms with E-state index >= 15 is 0 Å². The second-order valence-electron chi connectivity index (χ2n) is 5.93. The number of halogens is 1. The number of hydrogen-bond acceptors (Lipinski definition) is 2. The molecule has 23 heavy (non-hydrogen) atoms. The summed E-state index contributed by atoms with van der Waals surface area (Å²) >= 11 is 6.32. The van der Waals surface area contributed by atoms with Crippen molar-refractivity contribution in [3.8, 4) is 11.5 Å². The van der Waals surface area contributed by atoms with Gasteiger partial charge in [-0.1, -0.05) is 54.1 Å². The molecular formula is C20H21ClO2. The van der Waals surface area contributed by atoms with E-state index in [0.29, 0.717) is 17.4 Å². The van der Waals surface area contributed by atoms with Crippen LogP contribution in [0.2, 0.25) is 5.02 Å². The lowest BCUT2D eigenvalue weighted by Crippen LogP contribution is -2.20. The zero-order chi connectivity index (χ0) is 16.1. The van der Waals surface area contributed by atoms with Gasteiger partial charge in [0.2, 0.25) is 0 Å². The summed E-state index contributed by atoms with van der Waals surface area (Å²) in [5.41, 5.74) is 2.44. The summed E-state index contributed by atoms with van der Waals surface area (Å²) in [6, 6.07) is 15.7. The Morgan fingerprint density at radius 1 is 1.04 bits per heavy atom. The third kappa shape index (κ3) is 4.52. The third-order valence-electron chi connectivity index (χ3n) is 4.08. The molecule has 0 N–H and O–H groups in total. The average molecular weight is 329 g/mol. The summed E-state index contributed by atoms with van der Waals surface area (Å²) in [5.74, 6) is 1.49. The molecule has 0 bridgehead atoms. The molecule has 2 aromatic rings. The highest BCUT2D eigenvalue weighted by molar-refractivity contribution is 6.32. The Hall–Kier alpha value is -1.93. The molecule has 2 aromatic carbocycles. The molecule has 1 aliphatic carbocycles. The van der Waals surface area contributed by atoms with E-state index in [2.05, 4.69) is 6.58 Å². The molecule has 0 aliphatic heterocycles. The van der Waals surface area contributed by atoms with Crippen molar-refractivity contribution >= 4 is 11.6 Å². The molecule has 0 heterocycles. The molecule has 3 heteroatoms. The minimum absolute atomic E-state index is 0.257. The Balaban J connectivity index is 1.58. The Morgan fingerprint density at radius 2 is 1.78 bits per heavy atom. The topological polar surface area (TPSA) is 18.5 Å². The fourth-order valence-corrected chi connectivity index (χ4v) is 2.94. The second kappa shape index (κ2) is 7.56. The van der Waals surface area contributed by atoms with Gasteiger partial charge < -0.3 is 9.47 Å². The van der Waals surface area contributed by atoms with Crippen LogP contribution in [0.4, 0.5) is 0 Å². The minimum Gasteiger partial charge on any atom is -0.490 e. The van der Waals surface area contributed by atoms with Gasteiger partial charge in [0, 0.05) is 6.07 Å². The van der Waals surface area contributed by atoms with E-state index in [0.717, 1.165) is 37.0 Å². The summed E-state index contributed by atoms with van der Waals surface area (Å²) in [4.78, 5) is 0. The summed E-state index contributed by atoms with van der Waals surface area (Å²) in [7, 11) is 0. The standard InChI is InChI=1S/C20H21ClO2/c1-15-7-9-17(10-8-15)23-18-11-12-20(19(21)13-18)22-14-16-5-3-2-4-6-16/h2-6,11-13,17H,1,7-10,14H2. The first kappa shape index (κ1) is 15.9. The highest BCUT2D eigenvalue weighted by Crippen LogP contribution is 2.32. The minimum atomic E-state index is 0.257. The van der Waals surface area contributed by atoms with Crippen LogP contribution in [0.1, 0.15) is 31.2 Å². The van der Waals surface area contributed by atoms with Gasteiger partial charge in [0.15, 0.2) is 0 Å². The van der Waals surface area contributed by atoms with Crippen LogP contribution < -0.4 is 9.47 Å². The van der Waals surface area contributed by atoms with Gasteiger partial charge >= 0.3 is 0 Å². The molecule has 2 nitrogen and oxygen atoms in total. The van der Waals surface area contributed by atoms with E-state index in [1.807, 2.05) is 48.5 Å². The zero-order valence-corrected chi connectivity index (χ0v) is 13.9. The van der Waals surface area contributed by atoms with E-state index in [9.17, 15) is 0 Å². The Bertz CT molecular complexity index is 657. The first-order valence-electron chi connectivity index (χ1n) is 8.00. The molecule has 1 aliphatic rings. The van der Waals surface area contributed by atoms with E-state index in [1.165, 1.54) is 5.57 Å². The molecule has 0 spiro atoms. The maximum absolute atomic E-state index is 6.32. The molecular weight excluding hydrogens is 308 g/mol. The van der Waals surface area contributed by atoms with Crippen LogP contribution in [-0.2, 0) is 6.61 Å². The maximum atomic E-state index is 6.32. The maximum Gasteiger partial charge on any atom is 0.138 e. The molecule has 1 fully saturated rings. The van der Waals surface area contributed by atoms with Crippen LogP contribution in [0.15, 0.2) is 60.7 Å². The molecule has 3 rings (SSSR count). The van der Waals surface area contributed by atoms with Crippen LogP contribution in [0.25, 0.3) is 0 Å². The van der Waals surface area contributed by atoms with Crippen LogP contribution in [0.5, 0.6) is 11.5 Å². The van der Waals surface area contributed by atoms with E-state index in [4.69, 9.17) is 21.1 Å². The fraction of sp³-hybridized carbons (Fsp3) is 0.300. The second-order valence-corrected chi connectivity index (χ2v) is 6.34. The van der Waals surface area contributed by atoms with Gasteiger partial charge in [0.05, 0.1) is 11.1 Å². The van der Waals surface area contributed by atoms with Gasteiger partial charge in [-0.2, -0.15) is 0 Å². The zero-order valence-electron chi connectivity index (χ0n) is 13.1. The van der Waals surface area contributed by atoms with Crippen molar-refractivity contribution in [2.45, 2.75) is 38.4 Å². The van der Waals surface area contributed by atoms with Gasteiger partial charge in [-0.3, -0.25) is 0 Å². The van der Waals surface area contributed by atoms with E-state index in [-0.39, 0.29) is 6.10 Å². The molecule has 0 saturated heterocycles. The highest BCUT2D eigenvalue weighted by Gasteiger charge is 2.17. The van der Waals surface area contributed by atoms with E-state index in [1.54, 1.807) is 0 Å². The summed E-state index contributed by atoms with van der Waals surface area (Å²) in [6.07, 6.45) is 4.42. The molecule has 0 unspecified atom stereocenters.